The number of alkyl halides is 5. The fraction of sp³-hybridized carbons (Fsp3) is 0.448. The van der Waals surface area contributed by atoms with Crippen molar-refractivity contribution < 1.29 is 45.0 Å². The monoisotopic (exact) mass is 676 g/mol. The molecule has 2 aromatic carbocycles. The standard InChI is InChI=1S/C29H33F5N4O5S2/c1-2-45(41,42)23-9-5-20(6-10-23)24(17-39)36-26(40)25-15-35-28(44-25)38-14-13-37(16-22(38)18-43-27(30)31)12-11-19-3-7-21(8-4-19)29(32,33)34/h3-10,15,22,24,27,39H,2,11-14,16-18H2,1H3,(H,36,40)/t22-,24-/m0/s1. The molecule has 1 saturated heterocycles. The summed E-state index contributed by atoms with van der Waals surface area (Å²) in [7, 11) is -3.41. The van der Waals surface area contributed by atoms with E-state index in [0.717, 1.165) is 23.5 Å². The molecular weight excluding hydrogens is 643 g/mol. The highest BCUT2D eigenvalue weighted by molar-refractivity contribution is 7.91. The number of anilines is 1. The lowest BCUT2D eigenvalue weighted by atomic mass is 10.1. The zero-order valence-electron chi connectivity index (χ0n) is 24.2. The van der Waals surface area contributed by atoms with E-state index in [1.165, 1.54) is 49.5 Å². The summed E-state index contributed by atoms with van der Waals surface area (Å²) in [5, 5.41) is 13.0. The van der Waals surface area contributed by atoms with Gasteiger partial charge in [0.15, 0.2) is 15.0 Å². The third-order valence-electron chi connectivity index (χ3n) is 7.45. The van der Waals surface area contributed by atoms with Gasteiger partial charge in [-0.1, -0.05) is 42.5 Å². The number of nitrogens with zero attached hydrogens (tertiary/aromatic N) is 3. The number of hydrogen-bond acceptors (Lipinski definition) is 9. The highest BCUT2D eigenvalue weighted by atomic mass is 32.2. The summed E-state index contributed by atoms with van der Waals surface area (Å²) < 4.78 is 93.3. The molecule has 2 heterocycles. The number of aliphatic hydroxyl groups is 1. The predicted molar refractivity (Wildman–Crippen MR) is 158 cm³/mol. The van der Waals surface area contributed by atoms with E-state index in [9.17, 15) is 40.3 Å². The van der Waals surface area contributed by atoms with Gasteiger partial charge < -0.3 is 20.1 Å². The fourth-order valence-electron chi connectivity index (χ4n) is 4.89. The molecule has 1 aliphatic rings. The van der Waals surface area contributed by atoms with Gasteiger partial charge in [-0.15, -0.1) is 0 Å². The average Bonchev–Trinajstić information content (AvgIpc) is 3.52. The first kappa shape index (κ1) is 34.7. The van der Waals surface area contributed by atoms with Crippen LogP contribution in [0, 0.1) is 0 Å². The number of halogens is 5. The Labute approximate surface area is 261 Å². The normalized spacial score (nSPS) is 17.1. The van der Waals surface area contributed by atoms with Crippen LogP contribution in [-0.2, 0) is 27.2 Å². The molecule has 1 aromatic heterocycles. The van der Waals surface area contributed by atoms with Crippen molar-refractivity contribution in [2.75, 3.05) is 50.0 Å². The number of hydrogen-bond donors (Lipinski definition) is 2. The summed E-state index contributed by atoms with van der Waals surface area (Å²) in [6, 6.07) is 9.42. The van der Waals surface area contributed by atoms with Crippen LogP contribution in [-0.4, -0.2) is 87.1 Å². The van der Waals surface area contributed by atoms with E-state index in [0.29, 0.717) is 48.9 Å². The van der Waals surface area contributed by atoms with Crippen molar-refractivity contribution in [3.63, 3.8) is 0 Å². The Morgan fingerprint density at radius 1 is 1.13 bits per heavy atom. The van der Waals surface area contributed by atoms with Crippen molar-refractivity contribution in [2.24, 2.45) is 0 Å². The topological polar surface area (TPSA) is 112 Å². The predicted octanol–water partition coefficient (Wildman–Crippen LogP) is 4.39. The number of ether oxygens (including phenoxy) is 1. The summed E-state index contributed by atoms with van der Waals surface area (Å²) in [6.07, 6.45) is -2.61. The number of piperazine rings is 1. The van der Waals surface area contributed by atoms with Crippen LogP contribution >= 0.6 is 11.3 Å². The van der Waals surface area contributed by atoms with E-state index in [1.54, 1.807) is 4.90 Å². The Kier molecular flexibility index (Phi) is 11.5. The van der Waals surface area contributed by atoms with Crippen LogP contribution in [0.15, 0.2) is 59.6 Å². The highest BCUT2D eigenvalue weighted by Crippen LogP contribution is 2.30. The number of benzene rings is 2. The lowest BCUT2D eigenvalue weighted by Crippen LogP contribution is -2.55. The van der Waals surface area contributed by atoms with Crippen molar-refractivity contribution in [1.29, 1.82) is 0 Å². The molecule has 246 valence electrons. The van der Waals surface area contributed by atoms with Gasteiger partial charge in [0, 0.05) is 26.2 Å². The Morgan fingerprint density at radius 2 is 1.82 bits per heavy atom. The molecule has 3 aromatic rings. The Morgan fingerprint density at radius 3 is 2.42 bits per heavy atom. The second-order valence-corrected chi connectivity index (χ2v) is 13.7. The number of thiazole rings is 1. The molecule has 2 atom stereocenters. The van der Waals surface area contributed by atoms with E-state index in [2.05, 4.69) is 15.0 Å². The summed E-state index contributed by atoms with van der Waals surface area (Å²) in [5.41, 5.74) is 0.484. The Bertz CT molecular complexity index is 1520. The maximum atomic E-state index is 13.0. The molecule has 0 unspecified atom stereocenters. The number of sulfone groups is 1. The van der Waals surface area contributed by atoms with E-state index in [-0.39, 0.29) is 22.1 Å². The van der Waals surface area contributed by atoms with Crippen LogP contribution in [0.25, 0.3) is 0 Å². The molecule has 45 heavy (non-hydrogen) atoms. The molecule has 0 aliphatic carbocycles. The minimum absolute atomic E-state index is 0.0624. The molecule has 2 N–H and O–H groups in total. The van der Waals surface area contributed by atoms with Crippen LogP contribution in [0.2, 0.25) is 0 Å². The van der Waals surface area contributed by atoms with Crippen molar-refractivity contribution in [3.05, 3.63) is 76.3 Å². The number of aromatic nitrogens is 1. The number of aliphatic hydroxyl groups excluding tert-OH is 1. The van der Waals surface area contributed by atoms with Gasteiger partial charge >= 0.3 is 12.8 Å². The van der Waals surface area contributed by atoms with E-state index in [4.69, 9.17) is 0 Å². The number of carbonyl (C=O) groups is 1. The average molecular weight is 677 g/mol. The van der Waals surface area contributed by atoms with Crippen molar-refractivity contribution >= 4 is 32.2 Å². The second-order valence-electron chi connectivity index (χ2n) is 10.4. The molecule has 4 rings (SSSR count). The van der Waals surface area contributed by atoms with Crippen LogP contribution in [0.3, 0.4) is 0 Å². The van der Waals surface area contributed by atoms with Crippen LogP contribution in [0.1, 0.15) is 39.3 Å². The summed E-state index contributed by atoms with van der Waals surface area (Å²) >= 11 is 1.05. The first-order valence-corrected chi connectivity index (χ1v) is 16.5. The first-order chi connectivity index (χ1) is 21.3. The lowest BCUT2D eigenvalue weighted by Gasteiger charge is -2.41. The first-order valence-electron chi connectivity index (χ1n) is 14.1. The molecule has 0 saturated carbocycles. The Hall–Kier alpha value is -3.18. The molecule has 0 spiro atoms. The summed E-state index contributed by atoms with van der Waals surface area (Å²) in [5.74, 6) is -0.591. The Balaban J connectivity index is 1.40. The maximum Gasteiger partial charge on any atom is 0.416 e. The summed E-state index contributed by atoms with van der Waals surface area (Å²) in [6.45, 7) is -0.503. The zero-order valence-corrected chi connectivity index (χ0v) is 25.8. The van der Waals surface area contributed by atoms with Crippen LogP contribution < -0.4 is 10.2 Å². The minimum Gasteiger partial charge on any atom is -0.394 e. The van der Waals surface area contributed by atoms with Gasteiger partial charge in [0.1, 0.15) is 4.88 Å². The molecule has 0 bridgehead atoms. The van der Waals surface area contributed by atoms with Gasteiger partial charge in [-0.3, -0.25) is 9.69 Å². The molecule has 0 radical (unpaired) electrons. The molecule has 1 fully saturated rings. The third-order valence-corrected chi connectivity index (χ3v) is 10.2. The molecular formula is C29H33F5N4O5S2. The van der Waals surface area contributed by atoms with E-state index < -0.39 is 52.8 Å². The smallest absolute Gasteiger partial charge is 0.394 e. The van der Waals surface area contributed by atoms with Crippen molar-refractivity contribution in [2.45, 2.75) is 43.1 Å². The van der Waals surface area contributed by atoms with E-state index >= 15 is 0 Å². The van der Waals surface area contributed by atoms with Gasteiger partial charge in [-0.25, -0.2) is 13.4 Å². The number of nitrogens with one attached hydrogen (secondary N) is 1. The SMILES string of the molecule is CCS(=O)(=O)c1ccc([C@H](CO)NC(=O)c2cnc(N3CCN(CCc4ccc(C(F)(F)F)cc4)C[C@H]3COC(F)F)s2)cc1. The third kappa shape index (κ3) is 9.19. The minimum atomic E-state index is -4.42. The molecule has 1 aliphatic heterocycles. The molecule has 1 amide bonds. The fourth-order valence-corrected chi connectivity index (χ4v) is 6.69. The quantitative estimate of drug-likeness (QED) is 0.257. The summed E-state index contributed by atoms with van der Waals surface area (Å²) in [4.78, 5) is 21.5. The van der Waals surface area contributed by atoms with Gasteiger partial charge in [-0.05, 0) is 41.8 Å². The molecule has 16 heteroatoms. The number of amides is 1. The van der Waals surface area contributed by atoms with Crippen LogP contribution in [0.4, 0.5) is 27.1 Å². The highest BCUT2D eigenvalue weighted by Gasteiger charge is 2.32. The maximum absolute atomic E-state index is 13.0. The lowest BCUT2D eigenvalue weighted by molar-refractivity contribution is -0.137. The van der Waals surface area contributed by atoms with Gasteiger partial charge in [0.2, 0.25) is 0 Å². The second kappa shape index (κ2) is 14.9. The van der Waals surface area contributed by atoms with Crippen molar-refractivity contribution in [1.82, 2.24) is 15.2 Å². The van der Waals surface area contributed by atoms with E-state index in [1.807, 2.05) is 4.90 Å². The number of carbonyl (C=O) groups excluding carboxylic acids is 1. The zero-order chi connectivity index (χ0) is 32.8. The van der Waals surface area contributed by atoms with Gasteiger partial charge in [-0.2, -0.15) is 22.0 Å². The van der Waals surface area contributed by atoms with Crippen LogP contribution in [0.5, 0.6) is 0 Å². The van der Waals surface area contributed by atoms with Crippen molar-refractivity contribution in [3.8, 4) is 0 Å². The molecule has 9 nitrogen and oxygen atoms in total. The largest absolute Gasteiger partial charge is 0.416 e. The number of rotatable bonds is 13. The van der Waals surface area contributed by atoms with Gasteiger partial charge in [0.25, 0.3) is 5.91 Å². The van der Waals surface area contributed by atoms with Gasteiger partial charge in [0.05, 0.1) is 47.7 Å².